The lowest BCUT2D eigenvalue weighted by molar-refractivity contribution is 1.48. The zero-order valence-corrected chi connectivity index (χ0v) is 7.26. The molecule has 11 heavy (non-hydrogen) atoms. The van der Waals surface area contributed by atoms with Gasteiger partial charge in [-0.05, 0) is 6.92 Å². The minimum atomic E-state index is 0.709. The topological polar surface area (TPSA) is 4.36 Å². The molecule has 0 aliphatic rings. The van der Waals surface area contributed by atoms with E-state index in [1.54, 1.807) is 0 Å². The van der Waals surface area contributed by atoms with Crippen molar-refractivity contribution in [1.82, 2.24) is 0 Å². The van der Waals surface area contributed by atoms with Crippen LogP contribution in [0.1, 0.15) is 19.4 Å². The van der Waals surface area contributed by atoms with Crippen LogP contribution < -0.4 is 0 Å². The van der Waals surface area contributed by atoms with Crippen LogP contribution in [0.25, 0.3) is 4.85 Å². The highest BCUT2D eigenvalue weighted by Crippen LogP contribution is 2.10. The molecule has 0 fully saturated rings. The first-order valence-electron chi connectivity index (χ1n) is 3.77. The standard InChI is InChI=1S/C8H7N.C2H6/c1-7-3-5-8(9-2)6-4-7;1-2/h3-6H,1H3;1-2H3. The molecule has 0 aliphatic heterocycles. The highest BCUT2D eigenvalue weighted by molar-refractivity contribution is 5.44. The SMILES string of the molecule is CC.[C-]#[N+]c1ccc(C)cc1. The van der Waals surface area contributed by atoms with Gasteiger partial charge in [-0.2, -0.15) is 0 Å². The summed E-state index contributed by atoms with van der Waals surface area (Å²) in [5.41, 5.74) is 1.91. The summed E-state index contributed by atoms with van der Waals surface area (Å²) in [6, 6.07) is 7.52. The van der Waals surface area contributed by atoms with E-state index in [1.165, 1.54) is 5.56 Å². The van der Waals surface area contributed by atoms with Gasteiger partial charge in [0.1, 0.15) is 0 Å². The first-order chi connectivity index (χ1) is 5.33. The third-order valence-electron chi connectivity index (χ3n) is 1.16. The maximum atomic E-state index is 6.64. The van der Waals surface area contributed by atoms with Gasteiger partial charge in [0.2, 0.25) is 0 Å². The van der Waals surface area contributed by atoms with Gasteiger partial charge in [0, 0.05) is 0 Å². The Hall–Kier alpha value is -1.29. The van der Waals surface area contributed by atoms with Gasteiger partial charge in [0.15, 0.2) is 5.69 Å². The summed E-state index contributed by atoms with van der Waals surface area (Å²) >= 11 is 0. The first kappa shape index (κ1) is 9.71. The molecular weight excluding hydrogens is 134 g/mol. The van der Waals surface area contributed by atoms with E-state index in [0.29, 0.717) is 5.69 Å². The third-order valence-corrected chi connectivity index (χ3v) is 1.16. The molecule has 1 aromatic rings. The second kappa shape index (κ2) is 5.49. The van der Waals surface area contributed by atoms with Crippen molar-refractivity contribution in [2.75, 3.05) is 0 Å². The molecule has 58 valence electrons. The minimum Gasteiger partial charge on any atom is -0.238 e. The molecule has 1 heteroatoms. The van der Waals surface area contributed by atoms with Crippen LogP contribution >= 0.6 is 0 Å². The van der Waals surface area contributed by atoms with Crippen molar-refractivity contribution in [3.8, 4) is 0 Å². The number of hydrogen-bond donors (Lipinski definition) is 0. The quantitative estimate of drug-likeness (QED) is 0.494. The Labute approximate surface area is 68.5 Å². The third kappa shape index (κ3) is 3.42. The van der Waals surface area contributed by atoms with E-state index >= 15 is 0 Å². The molecule has 1 aromatic carbocycles. The summed E-state index contributed by atoms with van der Waals surface area (Å²) in [5.74, 6) is 0. The second-order valence-corrected chi connectivity index (χ2v) is 1.95. The largest absolute Gasteiger partial charge is 0.238 e. The summed E-state index contributed by atoms with van der Waals surface area (Å²) in [6.45, 7) is 12.6. The van der Waals surface area contributed by atoms with Gasteiger partial charge in [0.05, 0.1) is 6.57 Å². The monoisotopic (exact) mass is 147 g/mol. The fourth-order valence-electron chi connectivity index (χ4n) is 0.619. The summed E-state index contributed by atoms with van der Waals surface area (Å²) in [5, 5.41) is 0. The van der Waals surface area contributed by atoms with Crippen molar-refractivity contribution in [3.63, 3.8) is 0 Å². The van der Waals surface area contributed by atoms with Crippen LogP contribution in [0.2, 0.25) is 0 Å². The Kier molecular flexibility index (Phi) is 4.85. The van der Waals surface area contributed by atoms with Crippen molar-refractivity contribution < 1.29 is 0 Å². The molecule has 0 bridgehead atoms. The van der Waals surface area contributed by atoms with Gasteiger partial charge in [0.25, 0.3) is 0 Å². The van der Waals surface area contributed by atoms with Crippen molar-refractivity contribution in [1.29, 1.82) is 0 Å². The molecule has 0 radical (unpaired) electrons. The first-order valence-corrected chi connectivity index (χ1v) is 3.77. The van der Waals surface area contributed by atoms with Crippen LogP contribution in [-0.4, -0.2) is 0 Å². The summed E-state index contributed by atoms with van der Waals surface area (Å²) in [7, 11) is 0. The molecule has 1 nitrogen and oxygen atoms in total. The Morgan fingerprint density at radius 1 is 1.09 bits per heavy atom. The fraction of sp³-hybridized carbons (Fsp3) is 0.300. The molecular formula is C10H13N. The minimum absolute atomic E-state index is 0.709. The van der Waals surface area contributed by atoms with Gasteiger partial charge in [-0.1, -0.05) is 43.7 Å². The lowest BCUT2D eigenvalue weighted by Gasteiger charge is -1.88. The molecule has 0 saturated heterocycles. The van der Waals surface area contributed by atoms with Gasteiger partial charge >= 0.3 is 0 Å². The number of hydrogen-bond acceptors (Lipinski definition) is 0. The lowest BCUT2D eigenvalue weighted by Crippen LogP contribution is -1.65. The van der Waals surface area contributed by atoms with Gasteiger partial charge in [-0.25, -0.2) is 4.85 Å². The van der Waals surface area contributed by atoms with E-state index in [0.717, 1.165) is 0 Å². The normalized spacial score (nSPS) is 7.45. The number of rotatable bonds is 0. The molecule has 0 heterocycles. The van der Waals surface area contributed by atoms with Crippen LogP contribution in [-0.2, 0) is 0 Å². The lowest BCUT2D eigenvalue weighted by atomic mass is 10.2. The smallest absolute Gasteiger partial charge is 0.187 e. The van der Waals surface area contributed by atoms with Crippen molar-refractivity contribution >= 4 is 5.69 Å². The van der Waals surface area contributed by atoms with E-state index in [2.05, 4.69) is 4.85 Å². The molecule has 0 amide bonds. The Bertz CT molecular complexity index is 228. The number of benzene rings is 1. The zero-order chi connectivity index (χ0) is 8.69. The van der Waals surface area contributed by atoms with E-state index in [-0.39, 0.29) is 0 Å². The Balaban J connectivity index is 0.000000461. The van der Waals surface area contributed by atoms with Crippen LogP contribution in [0.3, 0.4) is 0 Å². The van der Waals surface area contributed by atoms with Crippen molar-refractivity contribution in [2.45, 2.75) is 20.8 Å². The molecule has 0 aromatic heterocycles. The van der Waals surface area contributed by atoms with Crippen LogP contribution in [0, 0.1) is 13.5 Å². The molecule has 0 atom stereocenters. The molecule has 0 unspecified atom stereocenters. The van der Waals surface area contributed by atoms with Crippen molar-refractivity contribution in [2.24, 2.45) is 0 Å². The molecule has 0 spiro atoms. The fourth-order valence-corrected chi connectivity index (χ4v) is 0.619. The summed E-state index contributed by atoms with van der Waals surface area (Å²) in [6.07, 6.45) is 0. The van der Waals surface area contributed by atoms with E-state index in [9.17, 15) is 0 Å². The maximum Gasteiger partial charge on any atom is 0.187 e. The summed E-state index contributed by atoms with van der Waals surface area (Å²) < 4.78 is 0. The molecule has 0 aliphatic carbocycles. The molecule has 0 saturated carbocycles. The highest BCUT2D eigenvalue weighted by Gasteiger charge is 1.85. The Morgan fingerprint density at radius 3 is 1.91 bits per heavy atom. The highest BCUT2D eigenvalue weighted by atomic mass is 14.6. The maximum absolute atomic E-state index is 6.64. The van der Waals surface area contributed by atoms with Gasteiger partial charge in [-0.3, -0.25) is 0 Å². The van der Waals surface area contributed by atoms with Crippen LogP contribution in [0.4, 0.5) is 5.69 Å². The van der Waals surface area contributed by atoms with Gasteiger partial charge in [-0.15, -0.1) is 0 Å². The predicted molar refractivity (Wildman–Crippen MR) is 48.8 cm³/mol. The summed E-state index contributed by atoms with van der Waals surface area (Å²) in [4.78, 5) is 3.26. The number of aryl methyl sites for hydroxylation is 1. The number of nitrogens with zero attached hydrogens (tertiary/aromatic N) is 1. The molecule has 1 rings (SSSR count). The predicted octanol–water partition coefficient (Wildman–Crippen LogP) is 3.57. The van der Waals surface area contributed by atoms with Crippen LogP contribution in [0.5, 0.6) is 0 Å². The van der Waals surface area contributed by atoms with Crippen molar-refractivity contribution in [3.05, 3.63) is 41.2 Å². The van der Waals surface area contributed by atoms with Crippen LogP contribution in [0.15, 0.2) is 24.3 Å². The van der Waals surface area contributed by atoms with E-state index < -0.39 is 0 Å². The van der Waals surface area contributed by atoms with E-state index in [4.69, 9.17) is 6.57 Å². The zero-order valence-electron chi connectivity index (χ0n) is 7.26. The average Bonchev–Trinajstić information content (AvgIpc) is 2.10. The van der Waals surface area contributed by atoms with Gasteiger partial charge < -0.3 is 0 Å². The second-order valence-electron chi connectivity index (χ2n) is 1.95. The Morgan fingerprint density at radius 2 is 1.55 bits per heavy atom. The molecule has 0 N–H and O–H groups in total. The average molecular weight is 147 g/mol. The van der Waals surface area contributed by atoms with E-state index in [1.807, 2.05) is 45.0 Å².